The summed E-state index contributed by atoms with van der Waals surface area (Å²) in [6.07, 6.45) is 4.36. The molecular weight excluding hydrogens is 230 g/mol. The van der Waals surface area contributed by atoms with Crippen LogP contribution in [0.3, 0.4) is 0 Å². The third-order valence-corrected chi connectivity index (χ3v) is 4.05. The number of hydrogen-bond donors (Lipinski definition) is 1. The van der Waals surface area contributed by atoms with Crippen LogP contribution >= 0.6 is 11.3 Å². The summed E-state index contributed by atoms with van der Waals surface area (Å²) < 4.78 is 0. The molecule has 0 saturated carbocycles. The van der Waals surface area contributed by atoms with Gasteiger partial charge in [-0.15, -0.1) is 11.3 Å². The highest BCUT2D eigenvalue weighted by atomic mass is 32.1. The highest BCUT2D eigenvalue weighted by Crippen LogP contribution is 2.14. The highest BCUT2D eigenvalue weighted by Gasteiger charge is 2.06. The molecule has 1 unspecified atom stereocenters. The van der Waals surface area contributed by atoms with E-state index in [9.17, 15) is 0 Å². The van der Waals surface area contributed by atoms with Crippen molar-refractivity contribution in [2.75, 3.05) is 20.1 Å². The van der Waals surface area contributed by atoms with Gasteiger partial charge in [0, 0.05) is 17.6 Å². The van der Waals surface area contributed by atoms with Crippen LogP contribution < -0.4 is 5.32 Å². The molecule has 0 aliphatic carbocycles. The Labute approximate surface area is 109 Å². The van der Waals surface area contributed by atoms with Crippen molar-refractivity contribution in [3.8, 4) is 0 Å². The summed E-state index contributed by atoms with van der Waals surface area (Å²) in [5.74, 6) is 0. The van der Waals surface area contributed by atoms with E-state index in [0.717, 1.165) is 6.54 Å². The first-order valence-corrected chi connectivity index (χ1v) is 7.32. The van der Waals surface area contributed by atoms with Gasteiger partial charge in [0.1, 0.15) is 5.01 Å². The number of aromatic nitrogens is 1. The molecular formula is C13H25N3S. The fraction of sp³-hybridized carbons (Fsp3) is 0.769. The predicted octanol–water partition coefficient (Wildman–Crippen LogP) is 2.91. The highest BCUT2D eigenvalue weighted by molar-refractivity contribution is 7.09. The van der Waals surface area contributed by atoms with Crippen molar-refractivity contribution < 1.29 is 0 Å². The normalized spacial score (nSPS) is 13.5. The van der Waals surface area contributed by atoms with Crippen LogP contribution in [-0.4, -0.2) is 36.1 Å². The molecule has 0 saturated heterocycles. The minimum Gasteiger partial charge on any atom is -0.308 e. The van der Waals surface area contributed by atoms with Gasteiger partial charge in [-0.1, -0.05) is 0 Å². The lowest BCUT2D eigenvalue weighted by Crippen LogP contribution is -2.28. The van der Waals surface area contributed by atoms with Crippen molar-refractivity contribution >= 4 is 11.3 Å². The second kappa shape index (κ2) is 7.80. The second-order valence-corrected chi connectivity index (χ2v) is 5.75. The van der Waals surface area contributed by atoms with Crippen LogP contribution in [0.2, 0.25) is 0 Å². The number of nitrogens with zero attached hydrogens (tertiary/aromatic N) is 2. The lowest BCUT2D eigenvalue weighted by atomic mass is 10.2. The van der Waals surface area contributed by atoms with E-state index in [0.29, 0.717) is 12.1 Å². The fourth-order valence-electron chi connectivity index (χ4n) is 1.60. The molecule has 0 spiro atoms. The van der Waals surface area contributed by atoms with Gasteiger partial charge in [0.15, 0.2) is 0 Å². The smallest absolute Gasteiger partial charge is 0.109 e. The molecule has 1 atom stereocenters. The molecule has 1 heterocycles. The van der Waals surface area contributed by atoms with E-state index >= 15 is 0 Å². The van der Waals surface area contributed by atoms with E-state index in [-0.39, 0.29) is 0 Å². The van der Waals surface area contributed by atoms with E-state index < -0.39 is 0 Å². The summed E-state index contributed by atoms with van der Waals surface area (Å²) in [5, 5.41) is 6.73. The van der Waals surface area contributed by atoms with Gasteiger partial charge in [-0.3, -0.25) is 0 Å². The summed E-state index contributed by atoms with van der Waals surface area (Å²) in [7, 11) is 2.19. The third-order valence-electron chi connectivity index (χ3n) is 3.09. The van der Waals surface area contributed by atoms with E-state index in [2.05, 4.69) is 43.0 Å². The Balaban J connectivity index is 2.05. The van der Waals surface area contributed by atoms with Crippen molar-refractivity contribution in [2.24, 2.45) is 0 Å². The Kier molecular flexibility index (Phi) is 6.70. The van der Waals surface area contributed by atoms with Crippen LogP contribution in [0.5, 0.6) is 0 Å². The van der Waals surface area contributed by atoms with Crippen LogP contribution in [0.4, 0.5) is 0 Å². The lowest BCUT2D eigenvalue weighted by molar-refractivity contribution is 0.267. The average Bonchev–Trinajstić information content (AvgIpc) is 2.81. The molecule has 3 nitrogen and oxygen atoms in total. The molecule has 17 heavy (non-hydrogen) atoms. The van der Waals surface area contributed by atoms with Gasteiger partial charge < -0.3 is 10.2 Å². The Morgan fingerprint density at radius 1 is 1.35 bits per heavy atom. The molecule has 1 rings (SSSR count). The molecule has 0 bridgehead atoms. The zero-order valence-electron chi connectivity index (χ0n) is 11.4. The van der Waals surface area contributed by atoms with E-state index in [1.165, 1.54) is 24.4 Å². The summed E-state index contributed by atoms with van der Waals surface area (Å²) >= 11 is 1.72. The quantitative estimate of drug-likeness (QED) is 0.724. The summed E-state index contributed by atoms with van der Waals surface area (Å²) in [4.78, 5) is 6.71. The first kappa shape index (κ1) is 14.6. The summed E-state index contributed by atoms with van der Waals surface area (Å²) in [5.41, 5.74) is 0. The first-order chi connectivity index (χ1) is 8.11. The largest absolute Gasteiger partial charge is 0.308 e. The Bertz CT molecular complexity index is 285. The van der Waals surface area contributed by atoms with Crippen LogP contribution in [0.1, 0.15) is 44.7 Å². The van der Waals surface area contributed by atoms with Crippen LogP contribution in [-0.2, 0) is 0 Å². The first-order valence-electron chi connectivity index (χ1n) is 6.44. The van der Waals surface area contributed by atoms with Crippen LogP contribution in [0.25, 0.3) is 0 Å². The molecule has 0 amide bonds. The Hall–Kier alpha value is -0.450. The lowest BCUT2D eigenvalue weighted by Gasteiger charge is -2.20. The van der Waals surface area contributed by atoms with Crippen molar-refractivity contribution in [2.45, 2.75) is 45.7 Å². The molecule has 0 radical (unpaired) electrons. The van der Waals surface area contributed by atoms with Crippen LogP contribution in [0.15, 0.2) is 11.6 Å². The molecule has 0 aliphatic heterocycles. The van der Waals surface area contributed by atoms with E-state index in [4.69, 9.17) is 0 Å². The van der Waals surface area contributed by atoms with Gasteiger partial charge in [0.25, 0.3) is 0 Å². The molecule has 98 valence electrons. The van der Waals surface area contributed by atoms with Crippen molar-refractivity contribution in [3.63, 3.8) is 0 Å². The second-order valence-electron chi connectivity index (χ2n) is 4.83. The number of thiazole rings is 1. The standard InChI is InChI=1S/C13H25N3S/c1-11(2)16(4)9-6-5-7-14-12(3)13-15-8-10-17-13/h8,10-12,14H,5-7,9H2,1-4H3. The van der Waals surface area contributed by atoms with Gasteiger partial charge >= 0.3 is 0 Å². The molecule has 1 aromatic heterocycles. The maximum atomic E-state index is 4.31. The van der Waals surface area contributed by atoms with E-state index in [1.807, 2.05) is 11.6 Å². The average molecular weight is 255 g/mol. The Morgan fingerprint density at radius 2 is 2.12 bits per heavy atom. The molecule has 4 heteroatoms. The van der Waals surface area contributed by atoms with Gasteiger partial charge in [-0.2, -0.15) is 0 Å². The minimum absolute atomic E-state index is 0.387. The van der Waals surface area contributed by atoms with Crippen LogP contribution in [0, 0.1) is 0 Å². The van der Waals surface area contributed by atoms with E-state index in [1.54, 1.807) is 11.3 Å². The van der Waals surface area contributed by atoms with Crippen molar-refractivity contribution in [1.29, 1.82) is 0 Å². The summed E-state index contributed by atoms with van der Waals surface area (Å²) in [6, 6.07) is 1.04. The minimum atomic E-state index is 0.387. The zero-order valence-corrected chi connectivity index (χ0v) is 12.3. The maximum Gasteiger partial charge on any atom is 0.109 e. The van der Waals surface area contributed by atoms with Crippen molar-refractivity contribution in [3.05, 3.63) is 16.6 Å². The molecule has 1 N–H and O–H groups in total. The Morgan fingerprint density at radius 3 is 2.71 bits per heavy atom. The SMILES string of the molecule is CC(NCCCCN(C)C(C)C)c1nccs1. The molecule has 0 aromatic carbocycles. The summed E-state index contributed by atoms with van der Waals surface area (Å²) in [6.45, 7) is 8.92. The fourth-order valence-corrected chi connectivity index (χ4v) is 2.27. The molecule has 1 aromatic rings. The number of rotatable bonds is 8. The third kappa shape index (κ3) is 5.61. The van der Waals surface area contributed by atoms with Gasteiger partial charge in [0.05, 0.1) is 6.04 Å². The molecule has 0 fully saturated rings. The van der Waals surface area contributed by atoms with Gasteiger partial charge in [0.2, 0.25) is 0 Å². The monoisotopic (exact) mass is 255 g/mol. The zero-order chi connectivity index (χ0) is 12.7. The number of hydrogen-bond acceptors (Lipinski definition) is 4. The van der Waals surface area contributed by atoms with Gasteiger partial charge in [-0.05, 0) is 53.8 Å². The molecule has 0 aliphatic rings. The van der Waals surface area contributed by atoms with Gasteiger partial charge in [-0.25, -0.2) is 4.98 Å². The van der Waals surface area contributed by atoms with Crippen molar-refractivity contribution in [1.82, 2.24) is 15.2 Å². The number of nitrogens with one attached hydrogen (secondary N) is 1. The maximum absolute atomic E-state index is 4.31. The predicted molar refractivity (Wildman–Crippen MR) is 75.5 cm³/mol. The topological polar surface area (TPSA) is 28.2 Å². The number of unbranched alkanes of at least 4 members (excludes halogenated alkanes) is 1.